The number of aromatic nitrogens is 3. The van der Waals surface area contributed by atoms with Crippen LogP contribution < -0.4 is 5.69 Å². The van der Waals surface area contributed by atoms with E-state index in [0.29, 0.717) is 18.9 Å². The monoisotopic (exact) mass is 344 g/mol. The molecule has 0 saturated carbocycles. The summed E-state index contributed by atoms with van der Waals surface area (Å²) in [7, 11) is 0. The van der Waals surface area contributed by atoms with E-state index in [9.17, 15) is 19.5 Å². The third kappa shape index (κ3) is 2.52. The molecular weight excluding hydrogens is 328 g/mol. The van der Waals surface area contributed by atoms with E-state index in [-0.39, 0.29) is 13.1 Å². The maximum atomic E-state index is 13.1. The number of nitrogens with one attached hydrogen (secondary N) is 1. The average Bonchev–Trinajstić information content (AvgIpc) is 3.00. The van der Waals surface area contributed by atoms with E-state index < -0.39 is 29.7 Å². The third-order valence-electron chi connectivity index (χ3n) is 4.67. The SMILES string of the molecule is O=C(O)C1Cn2c(n[nH]c2=O)CN1C(=O)C1OCCc2ccccc21. The molecule has 2 atom stereocenters. The number of H-pyrrole nitrogens is 1. The van der Waals surface area contributed by atoms with Crippen LogP contribution in [0.3, 0.4) is 0 Å². The first kappa shape index (κ1) is 15.6. The molecule has 1 amide bonds. The molecule has 0 bridgehead atoms. The highest BCUT2D eigenvalue weighted by Crippen LogP contribution is 2.30. The number of nitrogens with zero attached hydrogens (tertiary/aromatic N) is 3. The minimum Gasteiger partial charge on any atom is -0.480 e. The van der Waals surface area contributed by atoms with E-state index in [2.05, 4.69) is 10.2 Å². The fraction of sp³-hybridized carbons (Fsp3) is 0.375. The van der Waals surface area contributed by atoms with Crippen molar-refractivity contribution in [3.05, 3.63) is 51.7 Å². The molecule has 4 rings (SSSR count). The van der Waals surface area contributed by atoms with Crippen molar-refractivity contribution < 1.29 is 19.4 Å². The summed E-state index contributed by atoms with van der Waals surface area (Å²) >= 11 is 0. The van der Waals surface area contributed by atoms with Crippen molar-refractivity contribution in [3.63, 3.8) is 0 Å². The lowest BCUT2D eigenvalue weighted by atomic mass is 9.96. The molecule has 25 heavy (non-hydrogen) atoms. The number of aliphatic carboxylic acids is 1. The van der Waals surface area contributed by atoms with Crippen molar-refractivity contribution in [3.8, 4) is 0 Å². The number of carboxylic acid groups (broad SMARTS) is 1. The topological polar surface area (TPSA) is 118 Å². The van der Waals surface area contributed by atoms with Gasteiger partial charge >= 0.3 is 11.7 Å². The van der Waals surface area contributed by atoms with E-state index in [1.54, 1.807) is 0 Å². The molecule has 9 heteroatoms. The molecule has 9 nitrogen and oxygen atoms in total. The molecule has 2 aromatic rings. The van der Waals surface area contributed by atoms with Crippen LogP contribution in [0, 0.1) is 0 Å². The predicted octanol–water partition coefficient (Wildman–Crippen LogP) is -0.319. The number of carbonyl (C=O) groups excluding carboxylic acids is 1. The highest BCUT2D eigenvalue weighted by atomic mass is 16.5. The Labute approximate surface area is 141 Å². The van der Waals surface area contributed by atoms with Crippen LogP contribution in [0.1, 0.15) is 23.1 Å². The van der Waals surface area contributed by atoms with Crippen LogP contribution in [-0.4, -0.2) is 49.3 Å². The second-order valence-electron chi connectivity index (χ2n) is 6.08. The molecule has 0 fully saturated rings. The second kappa shape index (κ2) is 5.85. The number of carbonyl (C=O) groups is 2. The van der Waals surface area contributed by atoms with E-state index in [1.807, 2.05) is 24.3 Å². The second-order valence-corrected chi connectivity index (χ2v) is 6.08. The summed E-state index contributed by atoms with van der Waals surface area (Å²) in [6, 6.07) is 6.34. The van der Waals surface area contributed by atoms with Gasteiger partial charge in [-0.3, -0.25) is 9.36 Å². The van der Waals surface area contributed by atoms with Crippen molar-refractivity contribution in [2.45, 2.75) is 31.7 Å². The normalized spacial score (nSPS) is 22.2. The van der Waals surface area contributed by atoms with Crippen LogP contribution in [-0.2, 0) is 33.8 Å². The minimum absolute atomic E-state index is 0.0590. The number of hydrogen-bond donors (Lipinski definition) is 2. The van der Waals surface area contributed by atoms with E-state index in [1.165, 1.54) is 9.47 Å². The summed E-state index contributed by atoms with van der Waals surface area (Å²) in [6.07, 6.45) is -0.134. The number of hydrogen-bond acceptors (Lipinski definition) is 5. The van der Waals surface area contributed by atoms with Crippen LogP contribution in [0.2, 0.25) is 0 Å². The molecule has 0 spiro atoms. The molecule has 0 aliphatic carbocycles. The van der Waals surface area contributed by atoms with Gasteiger partial charge in [0.1, 0.15) is 6.04 Å². The molecule has 3 heterocycles. The summed E-state index contributed by atoms with van der Waals surface area (Å²) in [6.45, 7) is 0.197. The van der Waals surface area contributed by atoms with Crippen LogP contribution in [0.5, 0.6) is 0 Å². The van der Waals surface area contributed by atoms with E-state index in [0.717, 1.165) is 11.1 Å². The summed E-state index contributed by atoms with van der Waals surface area (Å²) < 4.78 is 6.91. The van der Waals surface area contributed by atoms with Crippen molar-refractivity contribution in [2.24, 2.45) is 0 Å². The van der Waals surface area contributed by atoms with Gasteiger partial charge in [-0.25, -0.2) is 14.7 Å². The largest absolute Gasteiger partial charge is 0.480 e. The smallest absolute Gasteiger partial charge is 0.343 e. The van der Waals surface area contributed by atoms with E-state index in [4.69, 9.17) is 4.74 Å². The lowest BCUT2D eigenvalue weighted by Crippen LogP contribution is -2.53. The first-order valence-electron chi connectivity index (χ1n) is 7.93. The molecule has 130 valence electrons. The van der Waals surface area contributed by atoms with E-state index >= 15 is 0 Å². The predicted molar refractivity (Wildman–Crippen MR) is 83.7 cm³/mol. The maximum absolute atomic E-state index is 13.1. The average molecular weight is 344 g/mol. The molecule has 1 aromatic heterocycles. The third-order valence-corrected chi connectivity index (χ3v) is 4.67. The highest BCUT2D eigenvalue weighted by molar-refractivity contribution is 5.87. The van der Waals surface area contributed by atoms with Gasteiger partial charge in [0.25, 0.3) is 5.91 Å². The number of carboxylic acids is 1. The van der Waals surface area contributed by atoms with Crippen molar-refractivity contribution >= 4 is 11.9 Å². The fourth-order valence-electron chi connectivity index (χ4n) is 3.39. The zero-order valence-corrected chi connectivity index (χ0v) is 13.2. The molecule has 1 aromatic carbocycles. The number of benzene rings is 1. The highest BCUT2D eigenvalue weighted by Gasteiger charge is 2.40. The Kier molecular flexibility index (Phi) is 3.65. The fourth-order valence-corrected chi connectivity index (χ4v) is 3.39. The lowest BCUT2D eigenvalue weighted by molar-refractivity contribution is -0.159. The van der Waals surface area contributed by atoms with Crippen LogP contribution in [0.4, 0.5) is 0 Å². The van der Waals surface area contributed by atoms with Gasteiger partial charge in [-0.2, -0.15) is 5.10 Å². The molecule has 0 saturated heterocycles. The van der Waals surface area contributed by atoms with Gasteiger partial charge in [0.05, 0.1) is 19.7 Å². The van der Waals surface area contributed by atoms with Gasteiger partial charge in [0.15, 0.2) is 11.9 Å². The van der Waals surface area contributed by atoms with Crippen molar-refractivity contribution in [2.75, 3.05) is 6.61 Å². The molecule has 0 radical (unpaired) electrons. The molecule has 2 aliphatic rings. The van der Waals surface area contributed by atoms with Gasteiger partial charge in [-0.05, 0) is 17.5 Å². The van der Waals surface area contributed by atoms with Gasteiger partial charge in [-0.15, -0.1) is 0 Å². The Hall–Kier alpha value is -2.94. The summed E-state index contributed by atoms with van der Waals surface area (Å²) in [5, 5.41) is 15.7. The first-order chi connectivity index (χ1) is 12.1. The lowest BCUT2D eigenvalue weighted by Gasteiger charge is -2.36. The van der Waals surface area contributed by atoms with Gasteiger partial charge in [0.2, 0.25) is 0 Å². The summed E-state index contributed by atoms with van der Waals surface area (Å²) in [5.74, 6) is -1.27. The van der Waals surface area contributed by atoms with Crippen LogP contribution in [0.25, 0.3) is 0 Å². The maximum Gasteiger partial charge on any atom is 0.343 e. The number of ether oxygens (including phenoxy) is 1. The summed E-state index contributed by atoms with van der Waals surface area (Å²) in [4.78, 5) is 37.6. The van der Waals surface area contributed by atoms with Crippen LogP contribution in [0.15, 0.2) is 29.1 Å². The Morgan fingerprint density at radius 3 is 2.92 bits per heavy atom. The zero-order chi connectivity index (χ0) is 17.6. The van der Waals surface area contributed by atoms with Crippen molar-refractivity contribution in [1.82, 2.24) is 19.7 Å². The molecule has 2 aliphatic heterocycles. The number of aromatic amines is 1. The molecule has 2 unspecified atom stereocenters. The van der Waals surface area contributed by atoms with Crippen LogP contribution >= 0.6 is 0 Å². The van der Waals surface area contributed by atoms with Gasteiger partial charge in [0, 0.05) is 0 Å². The number of amides is 1. The Morgan fingerprint density at radius 1 is 1.32 bits per heavy atom. The molecular formula is C16H16N4O5. The first-order valence-corrected chi connectivity index (χ1v) is 7.93. The Morgan fingerprint density at radius 2 is 2.12 bits per heavy atom. The van der Waals surface area contributed by atoms with Gasteiger partial charge < -0.3 is 14.7 Å². The summed E-state index contributed by atoms with van der Waals surface area (Å²) in [5.41, 5.74) is 1.30. The standard InChI is InChI=1S/C16H16N4O5/c21-14(13-10-4-2-1-3-9(10)5-6-25-13)19-8-12-17-18-16(24)20(12)7-11(19)15(22)23/h1-4,11,13H,5-8H2,(H,18,24)(H,22,23). The van der Waals surface area contributed by atoms with Gasteiger partial charge in [-0.1, -0.05) is 24.3 Å². The molecule has 2 N–H and O–H groups in total. The van der Waals surface area contributed by atoms with Crippen molar-refractivity contribution in [1.29, 1.82) is 0 Å². The number of fused-ring (bicyclic) bond motifs is 2. The Bertz CT molecular complexity index is 902. The Balaban J connectivity index is 1.70. The quantitative estimate of drug-likeness (QED) is 0.771. The zero-order valence-electron chi connectivity index (χ0n) is 13.2. The number of rotatable bonds is 2. The minimum atomic E-state index is -1.17.